The monoisotopic (exact) mass is 451 g/mol. The zero-order valence-electron chi connectivity index (χ0n) is 18.8. The van der Waals surface area contributed by atoms with Crippen molar-refractivity contribution >= 4 is 46.9 Å². The summed E-state index contributed by atoms with van der Waals surface area (Å²) in [4.78, 5) is 41.4. The quantitative estimate of drug-likeness (QED) is 0.513. The second kappa shape index (κ2) is 7.78. The molecule has 1 atom stereocenters. The maximum atomic E-state index is 13.2. The first kappa shape index (κ1) is 22.1. The third-order valence-corrected chi connectivity index (χ3v) is 6.74. The molecule has 1 saturated heterocycles. The van der Waals surface area contributed by atoms with Crippen LogP contribution in [-0.4, -0.2) is 30.4 Å². The summed E-state index contributed by atoms with van der Waals surface area (Å²) in [5, 5.41) is 2.70. The molecule has 1 N–H and O–H groups in total. The predicted octanol–water partition coefficient (Wildman–Crippen LogP) is 5.04. The minimum absolute atomic E-state index is 0.0103. The molecule has 2 aromatic rings. The van der Waals surface area contributed by atoms with Crippen LogP contribution in [0.4, 0.5) is 16.2 Å². The SMILES string of the molecule is Cc1cccc(N2C(=O)NC(=O)/C(=C\c3cc4c(cc3Cl)N(C)C(C)(C)C[C@H]4C)C2=O)c1. The Kier molecular flexibility index (Phi) is 5.37. The Morgan fingerprint density at radius 2 is 1.88 bits per heavy atom. The minimum Gasteiger partial charge on any atom is -0.369 e. The number of hydrogen-bond acceptors (Lipinski definition) is 4. The van der Waals surface area contributed by atoms with E-state index in [2.05, 4.69) is 31.0 Å². The molecule has 2 heterocycles. The normalized spacial score (nSPS) is 21.6. The van der Waals surface area contributed by atoms with Crippen molar-refractivity contribution in [3.8, 4) is 0 Å². The van der Waals surface area contributed by atoms with Crippen LogP contribution in [0.15, 0.2) is 42.0 Å². The number of nitrogens with one attached hydrogen (secondary N) is 1. The second-order valence-corrected chi connectivity index (χ2v) is 9.61. The number of imide groups is 2. The molecule has 32 heavy (non-hydrogen) atoms. The number of urea groups is 1. The molecule has 2 aliphatic heterocycles. The van der Waals surface area contributed by atoms with E-state index in [1.807, 2.05) is 32.2 Å². The minimum atomic E-state index is -0.767. The van der Waals surface area contributed by atoms with E-state index in [4.69, 9.17) is 11.6 Å². The third-order valence-electron chi connectivity index (χ3n) is 6.41. The second-order valence-electron chi connectivity index (χ2n) is 9.21. The number of carbonyl (C=O) groups excluding carboxylic acids is 3. The summed E-state index contributed by atoms with van der Waals surface area (Å²) in [7, 11) is 2.04. The number of aryl methyl sites for hydroxylation is 1. The van der Waals surface area contributed by atoms with Gasteiger partial charge in [0.15, 0.2) is 0 Å². The van der Waals surface area contributed by atoms with Gasteiger partial charge in [0, 0.05) is 23.3 Å². The van der Waals surface area contributed by atoms with Gasteiger partial charge in [-0.3, -0.25) is 14.9 Å². The molecule has 0 radical (unpaired) electrons. The van der Waals surface area contributed by atoms with E-state index in [-0.39, 0.29) is 17.0 Å². The van der Waals surface area contributed by atoms with Crippen LogP contribution in [0.2, 0.25) is 5.02 Å². The molecule has 0 spiro atoms. The lowest BCUT2D eigenvalue weighted by Gasteiger charge is -2.45. The number of benzene rings is 2. The summed E-state index contributed by atoms with van der Waals surface area (Å²) in [6.45, 7) is 8.41. The topological polar surface area (TPSA) is 69.7 Å². The van der Waals surface area contributed by atoms with Gasteiger partial charge in [-0.25, -0.2) is 9.69 Å². The number of fused-ring (bicyclic) bond motifs is 1. The van der Waals surface area contributed by atoms with Crippen LogP contribution in [0, 0.1) is 6.92 Å². The maximum absolute atomic E-state index is 13.2. The van der Waals surface area contributed by atoms with Gasteiger partial charge in [-0.15, -0.1) is 0 Å². The number of amides is 4. The smallest absolute Gasteiger partial charge is 0.335 e. The largest absolute Gasteiger partial charge is 0.369 e. The van der Waals surface area contributed by atoms with E-state index in [1.165, 1.54) is 6.08 Å². The lowest BCUT2D eigenvalue weighted by molar-refractivity contribution is -0.122. The van der Waals surface area contributed by atoms with Crippen molar-refractivity contribution in [1.82, 2.24) is 5.32 Å². The van der Waals surface area contributed by atoms with Gasteiger partial charge in [-0.05, 0) is 80.1 Å². The summed E-state index contributed by atoms with van der Waals surface area (Å²) in [5.74, 6) is -1.12. The van der Waals surface area contributed by atoms with E-state index in [1.54, 1.807) is 18.2 Å². The Balaban J connectivity index is 1.78. The molecule has 6 nitrogen and oxygen atoms in total. The molecule has 0 aliphatic carbocycles. The highest BCUT2D eigenvalue weighted by atomic mass is 35.5. The number of rotatable bonds is 2. The standard InChI is InChI=1S/C25H26ClN3O3/c1-14-7-6-8-17(9-14)29-23(31)19(22(30)27-24(29)32)11-16-10-18-15(2)13-25(3,4)28(5)21(18)12-20(16)26/h6-12,15H,13H2,1-5H3,(H,27,30,32)/b19-11+/t15-/m1/s1. The average Bonchev–Trinajstić information content (AvgIpc) is 2.69. The number of barbiturate groups is 1. The van der Waals surface area contributed by atoms with Crippen LogP contribution in [0.1, 0.15) is 49.8 Å². The summed E-state index contributed by atoms with van der Waals surface area (Å²) in [6.07, 6.45) is 2.44. The predicted molar refractivity (Wildman–Crippen MR) is 127 cm³/mol. The first-order valence-corrected chi connectivity index (χ1v) is 10.9. The zero-order valence-corrected chi connectivity index (χ0v) is 19.6. The van der Waals surface area contributed by atoms with Crippen LogP contribution in [-0.2, 0) is 9.59 Å². The van der Waals surface area contributed by atoms with Gasteiger partial charge < -0.3 is 4.90 Å². The van der Waals surface area contributed by atoms with E-state index < -0.39 is 17.8 Å². The number of anilines is 2. The molecule has 0 bridgehead atoms. The third kappa shape index (κ3) is 3.69. The molecular formula is C25H26ClN3O3. The number of nitrogens with zero attached hydrogens (tertiary/aromatic N) is 2. The summed E-state index contributed by atoms with van der Waals surface area (Å²) in [6, 6.07) is 10.1. The van der Waals surface area contributed by atoms with Crippen molar-refractivity contribution < 1.29 is 14.4 Å². The van der Waals surface area contributed by atoms with Gasteiger partial charge in [0.25, 0.3) is 11.8 Å². The Morgan fingerprint density at radius 1 is 1.16 bits per heavy atom. The molecule has 2 aliphatic rings. The molecule has 2 aromatic carbocycles. The van der Waals surface area contributed by atoms with Gasteiger partial charge >= 0.3 is 6.03 Å². The van der Waals surface area contributed by atoms with Crippen molar-refractivity contribution in [2.45, 2.75) is 45.6 Å². The maximum Gasteiger partial charge on any atom is 0.335 e. The first-order valence-electron chi connectivity index (χ1n) is 10.5. The Hall–Kier alpha value is -3.12. The molecule has 7 heteroatoms. The van der Waals surface area contributed by atoms with Crippen LogP contribution in [0.5, 0.6) is 0 Å². The van der Waals surface area contributed by atoms with Crippen LogP contribution < -0.4 is 15.1 Å². The average molecular weight is 452 g/mol. The Bertz CT molecular complexity index is 1180. The summed E-state index contributed by atoms with van der Waals surface area (Å²) in [5.41, 5.74) is 3.87. The fraction of sp³-hybridized carbons (Fsp3) is 0.320. The molecule has 1 fully saturated rings. The number of hydrogen-bond donors (Lipinski definition) is 1. The van der Waals surface area contributed by atoms with E-state index in [9.17, 15) is 14.4 Å². The van der Waals surface area contributed by atoms with Crippen molar-refractivity contribution in [3.05, 3.63) is 63.7 Å². The molecule has 4 amide bonds. The van der Waals surface area contributed by atoms with Crippen molar-refractivity contribution in [2.24, 2.45) is 0 Å². The van der Waals surface area contributed by atoms with Gasteiger partial charge in [0.2, 0.25) is 0 Å². The lowest BCUT2D eigenvalue weighted by Crippen LogP contribution is -2.54. The van der Waals surface area contributed by atoms with Gasteiger partial charge in [0.05, 0.1) is 5.69 Å². The van der Waals surface area contributed by atoms with Crippen LogP contribution in [0.25, 0.3) is 6.08 Å². The zero-order chi connectivity index (χ0) is 23.4. The highest BCUT2D eigenvalue weighted by Gasteiger charge is 2.38. The van der Waals surface area contributed by atoms with Gasteiger partial charge in [0.1, 0.15) is 5.57 Å². The van der Waals surface area contributed by atoms with Crippen molar-refractivity contribution in [3.63, 3.8) is 0 Å². The Morgan fingerprint density at radius 3 is 2.56 bits per heavy atom. The fourth-order valence-corrected chi connectivity index (χ4v) is 4.74. The summed E-state index contributed by atoms with van der Waals surface area (Å²) < 4.78 is 0. The molecule has 166 valence electrons. The van der Waals surface area contributed by atoms with Crippen LogP contribution in [0.3, 0.4) is 0 Å². The summed E-state index contributed by atoms with van der Waals surface area (Å²) >= 11 is 6.59. The van der Waals surface area contributed by atoms with Crippen LogP contribution >= 0.6 is 11.6 Å². The van der Waals surface area contributed by atoms with Gasteiger partial charge in [-0.2, -0.15) is 0 Å². The molecular weight excluding hydrogens is 426 g/mol. The highest BCUT2D eigenvalue weighted by molar-refractivity contribution is 6.40. The molecule has 4 rings (SSSR count). The van der Waals surface area contributed by atoms with Gasteiger partial charge in [-0.1, -0.05) is 30.7 Å². The van der Waals surface area contributed by atoms with Crippen molar-refractivity contribution in [1.29, 1.82) is 0 Å². The molecule has 0 aromatic heterocycles. The fourth-order valence-electron chi connectivity index (χ4n) is 4.53. The van der Waals surface area contributed by atoms with E-state index in [0.717, 1.165) is 28.1 Å². The number of carbonyl (C=O) groups is 3. The van der Waals surface area contributed by atoms with E-state index in [0.29, 0.717) is 16.3 Å². The number of halogens is 1. The molecule has 0 unspecified atom stereocenters. The van der Waals surface area contributed by atoms with Crippen molar-refractivity contribution in [2.75, 3.05) is 16.8 Å². The molecule has 0 saturated carbocycles. The highest BCUT2D eigenvalue weighted by Crippen LogP contribution is 2.44. The van der Waals surface area contributed by atoms with E-state index >= 15 is 0 Å². The lowest BCUT2D eigenvalue weighted by atomic mass is 9.80. The first-order chi connectivity index (χ1) is 15.0. The Labute approximate surface area is 192 Å².